The molecule has 0 fully saturated rings. The zero-order valence-electron chi connectivity index (χ0n) is 17.4. The summed E-state index contributed by atoms with van der Waals surface area (Å²) >= 11 is 0. The monoisotopic (exact) mass is 421 g/mol. The van der Waals surface area contributed by atoms with E-state index in [0.29, 0.717) is 5.52 Å². The van der Waals surface area contributed by atoms with Crippen LogP contribution in [0, 0.1) is 0 Å². The molecule has 1 aliphatic heterocycles. The van der Waals surface area contributed by atoms with Gasteiger partial charge in [-0.25, -0.2) is 9.59 Å². The van der Waals surface area contributed by atoms with Gasteiger partial charge in [-0.2, -0.15) is 0 Å². The van der Waals surface area contributed by atoms with E-state index in [0.717, 1.165) is 5.39 Å². The highest BCUT2D eigenvalue weighted by Gasteiger charge is 2.40. The number of H-pyrrole nitrogens is 1. The van der Waals surface area contributed by atoms with Gasteiger partial charge in [-0.1, -0.05) is 43.5 Å². The van der Waals surface area contributed by atoms with E-state index in [1.165, 1.54) is 12.2 Å². The van der Waals surface area contributed by atoms with Gasteiger partial charge in [0.2, 0.25) is 0 Å². The second kappa shape index (κ2) is 9.30. The number of hydrogen-bond donors (Lipinski definition) is 1. The second-order valence-electron chi connectivity index (χ2n) is 6.89. The maximum atomic E-state index is 13.0. The quantitative estimate of drug-likeness (QED) is 0.542. The lowest BCUT2D eigenvalue weighted by molar-refractivity contribution is -0.139. The summed E-state index contributed by atoms with van der Waals surface area (Å²) in [6.45, 7) is 10.2. The summed E-state index contributed by atoms with van der Waals surface area (Å²) in [6.07, 6.45) is 2.85. The normalized spacial score (nSPS) is 14.3. The van der Waals surface area contributed by atoms with Gasteiger partial charge in [0.15, 0.2) is 0 Å². The van der Waals surface area contributed by atoms with Crippen molar-refractivity contribution < 1.29 is 23.8 Å². The van der Waals surface area contributed by atoms with Gasteiger partial charge in [0.25, 0.3) is 5.56 Å². The van der Waals surface area contributed by atoms with Gasteiger partial charge in [0.1, 0.15) is 24.7 Å². The van der Waals surface area contributed by atoms with Gasteiger partial charge in [0.05, 0.1) is 17.1 Å². The Morgan fingerprint density at radius 3 is 2.13 bits per heavy atom. The Kier molecular flexibility index (Phi) is 6.55. The highest BCUT2D eigenvalue weighted by Crippen LogP contribution is 2.40. The number of hydrogen-bond acceptors (Lipinski definition) is 6. The fourth-order valence-corrected chi connectivity index (χ4v) is 3.53. The number of aromatic amines is 1. The maximum Gasteiger partial charge on any atom is 0.338 e. The molecule has 7 heteroatoms. The molecular weight excluding hydrogens is 398 g/mol. The van der Waals surface area contributed by atoms with Crippen molar-refractivity contribution in [2.45, 2.75) is 19.8 Å². The summed E-state index contributed by atoms with van der Waals surface area (Å²) in [5, 5.41) is 0.747. The molecule has 1 aromatic heterocycles. The lowest BCUT2D eigenvalue weighted by Crippen LogP contribution is -2.31. The SMILES string of the molecule is C=CCOC(=O)C1=C(C)OC(C)=C(C(=O)OCC=C)C1c1cc2ccccc2[nH]c1=O. The molecule has 0 aliphatic carbocycles. The average Bonchev–Trinajstić information content (AvgIpc) is 2.74. The van der Waals surface area contributed by atoms with Crippen molar-refractivity contribution in [2.75, 3.05) is 13.2 Å². The minimum atomic E-state index is -1.03. The molecule has 0 amide bonds. The molecule has 1 N–H and O–H groups in total. The molecule has 31 heavy (non-hydrogen) atoms. The van der Waals surface area contributed by atoms with Gasteiger partial charge in [-0.3, -0.25) is 4.79 Å². The van der Waals surface area contributed by atoms with Crippen LogP contribution in [0.3, 0.4) is 0 Å². The first kappa shape index (κ1) is 21.8. The molecule has 0 bridgehead atoms. The Morgan fingerprint density at radius 2 is 1.58 bits per heavy atom. The molecule has 0 saturated heterocycles. The van der Waals surface area contributed by atoms with Crippen LogP contribution in [0.2, 0.25) is 0 Å². The van der Waals surface area contributed by atoms with Crippen LogP contribution in [0.15, 0.2) is 83.1 Å². The van der Waals surface area contributed by atoms with E-state index in [1.807, 2.05) is 12.1 Å². The Morgan fingerprint density at radius 1 is 1.03 bits per heavy atom. The van der Waals surface area contributed by atoms with Crippen LogP contribution >= 0.6 is 0 Å². The number of fused-ring (bicyclic) bond motifs is 1. The first-order chi connectivity index (χ1) is 14.9. The Balaban J connectivity index is 2.24. The molecule has 0 unspecified atom stereocenters. The maximum absolute atomic E-state index is 13.0. The third-order valence-electron chi connectivity index (χ3n) is 4.84. The first-order valence-electron chi connectivity index (χ1n) is 9.66. The van der Waals surface area contributed by atoms with Gasteiger partial charge in [-0.05, 0) is 31.4 Å². The van der Waals surface area contributed by atoms with Crippen LogP contribution in [0.1, 0.15) is 25.3 Å². The van der Waals surface area contributed by atoms with E-state index >= 15 is 0 Å². The summed E-state index contributed by atoms with van der Waals surface area (Å²) in [5.41, 5.74) is 0.514. The molecule has 1 aromatic carbocycles. The van der Waals surface area contributed by atoms with Crippen molar-refractivity contribution in [1.29, 1.82) is 0 Å². The molecule has 2 aromatic rings. The van der Waals surface area contributed by atoms with Crippen LogP contribution in [0.5, 0.6) is 0 Å². The molecule has 3 rings (SSSR count). The number of carbonyl (C=O) groups excluding carboxylic acids is 2. The summed E-state index contributed by atoms with van der Waals surface area (Å²) in [5.74, 6) is -1.97. The highest BCUT2D eigenvalue weighted by atomic mass is 16.5. The second-order valence-corrected chi connectivity index (χ2v) is 6.89. The number of benzene rings is 1. The average molecular weight is 421 g/mol. The van der Waals surface area contributed by atoms with E-state index in [1.54, 1.807) is 32.0 Å². The standard InChI is InChI=1S/C24H23NO6/c1-5-11-29-23(27)19-14(3)31-15(4)20(24(28)30-12-6-2)21(19)17-13-16-9-7-8-10-18(16)25-22(17)26/h5-10,13,21H,1-2,11-12H2,3-4H3,(H,25,26). The topological polar surface area (TPSA) is 94.7 Å². The molecule has 7 nitrogen and oxygen atoms in total. The lowest BCUT2D eigenvalue weighted by Gasteiger charge is -2.29. The number of carbonyl (C=O) groups is 2. The Hall–Kier alpha value is -3.87. The van der Waals surface area contributed by atoms with Gasteiger partial charge < -0.3 is 19.2 Å². The number of pyridine rings is 1. The van der Waals surface area contributed by atoms with Crippen molar-refractivity contribution in [2.24, 2.45) is 0 Å². The van der Waals surface area contributed by atoms with Crippen molar-refractivity contribution >= 4 is 22.8 Å². The van der Waals surface area contributed by atoms with E-state index in [4.69, 9.17) is 14.2 Å². The summed E-state index contributed by atoms with van der Waals surface area (Å²) in [6, 6.07) is 8.88. The number of allylic oxidation sites excluding steroid dienone is 2. The van der Waals surface area contributed by atoms with Crippen LogP contribution in [0.25, 0.3) is 10.9 Å². The minimum Gasteiger partial charge on any atom is -0.465 e. The molecular formula is C24H23NO6. The number of rotatable bonds is 7. The largest absolute Gasteiger partial charge is 0.465 e. The number of esters is 2. The van der Waals surface area contributed by atoms with Crippen LogP contribution in [0.4, 0.5) is 0 Å². The van der Waals surface area contributed by atoms with Crippen LogP contribution < -0.4 is 5.56 Å². The minimum absolute atomic E-state index is 0.0324. The number of para-hydroxylation sites is 1. The Labute approximate surface area is 179 Å². The summed E-state index contributed by atoms with van der Waals surface area (Å²) in [7, 11) is 0. The van der Waals surface area contributed by atoms with Crippen LogP contribution in [-0.2, 0) is 23.8 Å². The van der Waals surface area contributed by atoms with Gasteiger partial charge in [0, 0.05) is 11.1 Å². The molecule has 1 aliphatic rings. The smallest absolute Gasteiger partial charge is 0.338 e. The van der Waals surface area contributed by atoms with E-state index in [2.05, 4.69) is 18.1 Å². The Bertz CT molecular complexity index is 1140. The number of aromatic nitrogens is 1. The molecule has 0 atom stereocenters. The molecule has 2 heterocycles. The van der Waals surface area contributed by atoms with Crippen molar-refractivity contribution in [3.05, 3.63) is 94.2 Å². The lowest BCUT2D eigenvalue weighted by atomic mass is 9.82. The highest BCUT2D eigenvalue weighted by molar-refractivity contribution is 5.99. The molecule has 0 spiro atoms. The van der Waals surface area contributed by atoms with Crippen molar-refractivity contribution in [3.8, 4) is 0 Å². The van der Waals surface area contributed by atoms with E-state index in [9.17, 15) is 14.4 Å². The molecule has 0 radical (unpaired) electrons. The molecule has 160 valence electrons. The molecule has 0 saturated carbocycles. The number of nitrogens with one attached hydrogen (secondary N) is 1. The third-order valence-corrected chi connectivity index (χ3v) is 4.84. The fourth-order valence-electron chi connectivity index (χ4n) is 3.53. The number of ether oxygens (including phenoxy) is 3. The van der Waals surface area contributed by atoms with E-state index in [-0.39, 0.29) is 41.4 Å². The summed E-state index contributed by atoms with van der Waals surface area (Å²) in [4.78, 5) is 41.7. The predicted octanol–water partition coefficient (Wildman–Crippen LogP) is 3.65. The van der Waals surface area contributed by atoms with Crippen LogP contribution in [-0.4, -0.2) is 30.1 Å². The first-order valence-corrected chi connectivity index (χ1v) is 9.66. The van der Waals surface area contributed by atoms with Crippen molar-refractivity contribution in [3.63, 3.8) is 0 Å². The third kappa shape index (κ3) is 4.35. The van der Waals surface area contributed by atoms with Gasteiger partial charge in [-0.15, -0.1) is 0 Å². The zero-order valence-corrected chi connectivity index (χ0v) is 17.4. The van der Waals surface area contributed by atoms with E-state index < -0.39 is 23.4 Å². The predicted molar refractivity (Wildman–Crippen MR) is 116 cm³/mol. The van der Waals surface area contributed by atoms with Crippen molar-refractivity contribution in [1.82, 2.24) is 4.98 Å². The zero-order chi connectivity index (χ0) is 22.5. The summed E-state index contributed by atoms with van der Waals surface area (Å²) < 4.78 is 16.1. The fraction of sp³-hybridized carbons (Fsp3) is 0.208. The van der Waals surface area contributed by atoms with Gasteiger partial charge >= 0.3 is 11.9 Å².